The van der Waals surface area contributed by atoms with Crippen molar-refractivity contribution in [3.05, 3.63) is 69.5 Å². The van der Waals surface area contributed by atoms with Gasteiger partial charge < -0.3 is 15.7 Å². The number of carboxylic acids is 1. The van der Waals surface area contributed by atoms with Gasteiger partial charge in [0.25, 0.3) is 0 Å². The van der Waals surface area contributed by atoms with Crippen LogP contribution in [0.25, 0.3) is 0 Å². The van der Waals surface area contributed by atoms with Crippen LogP contribution in [0.4, 0.5) is 4.39 Å². The van der Waals surface area contributed by atoms with Gasteiger partial charge in [0.2, 0.25) is 5.91 Å². The highest BCUT2D eigenvalue weighted by molar-refractivity contribution is 6.42. The molecule has 4 rings (SSSR count). The molecule has 1 amide bonds. The van der Waals surface area contributed by atoms with Crippen molar-refractivity contribution in [3.63, 3.8) is 0 Å². The Morgan fingerprint density at radius 1 is 1.10 bits per heavy atom. The highest BCUT2D eigenvalue weighted by Crippen LogP contribution is 2.31. The van der Waals surface area contributed by atoms with Crippen LogP contribution in [-0.2, 0) is 27.2 Å². The number of hydrogen-bond donors (Lipinski definition) is 2. The highest BCUT2D eigenvalue weighted by atomic mass is 35.5. The molecule has 0 bridgehead atoms. The van der Waals surface area contributed by atoms with Crippen LogP contribution < -0.4 is 5.73 Å². The zero-order chi connectivity index (χ0) is 28.1. The quantitative estimate of drug-likeness (QED) is 0.381. The molecular formula is C29H34Cl2FN3O4. The number of carboxylic acid groups (broad SMARTS) is 1. The summed E-state index contributed by atoms with van der Waals surface area (Å²) in [5, 5.41) is 9.62. The number of aliphatic carboxylic acids is 1. The van der Waals surface area contributed by atoms with E-state index < -0.39 is 23.9 Å². The zero-order valence-electron chi connectivity index (χ0n) is 21.7. The third-order valence-electron chi connectivity index (χ3n) is 7.83. The van der Waals surface area contributed by atoms with Gasteiger partial charge in [-0.25, -0.2) is 4.39 Å². The average Bonchev–Trinajstić information content (AvgIpc) is 3.24. The Bertz CT molecular complexity index is 1200. The van der Waals surface area contributed by atoms with E-state index in [-0.39, 0.29) is 65.1 Å². The molecule has 2 heterocycles. The molecule has 2 fully saturated rings. The second-order valence-electron chi connectivity index (χ2n) is 10.5. The lowest BCUT2D eigenvalue weighted by Crippen LogP contribution is -2.50. The van der Waals surface area contributed by atoms with Crippen LogP contribution in [-0.4, -0.2) is 69.8 Å². The van der Waals surface area contributed by atoms with Crippen LogP contribution in [0.15, 0.2) is 42.5 Å². The Morgan fingerprint density at radius 2 is 1.82 bits per heavy atom. The molecule has 210 valence electrons. The van der Waals surface area contributed by atoms with Crippen molar-refractivity contribution < 1.29 is 23.9 Å². The number of hydrogen-bond acceptors (Lipinski definition) is 5. The molecule has 0 radical (unpaired) electrons. The molecule has 4 atom stereocenters. The van der Waals surface area contributed by atoms with Crippen LogP contribution in [0.1, 0.15) is 49.7 Å². The summed E-state index contributed by atoms with van der Waals surface area (Å²) in [6.07, 6.45) is 2.59. The first-order valence-electron chi connectivity index (χ1n) is 13.4. The summed E-state index contributed by atoms with van der Waals surface area (Å²) in [7, 11) is 0. The first-order valence-corrected chi connectivity index (χ1v) is 14.1. The molecular weight excluding hydrogens is 544 g/mol. The van der Waals surface area contributed by atoms with Crippen molar-refractivity contribution in [3.8, 4) is 0 Å². The van der Waals surface area contributed by atoms with Crippen molar-refractivity contribution in [2.45, 2.75) is 75.5 Å². The number of aryl methyl sites for hydroxylation is 2. The van der Waals surface area contributed by atoms with Crippen LogP contribution in [0, 0.1) is 5.82 Å². The molecule has 2 aliphatic heterocycles. The Morgan fingerprint density at radius 3 is 2.54 bits per heavy atom. The van der Waals surface area contributed by atoms with Gasteiger partial charge >= 0.3 is 5.97 Å². The van der Waals surface area contributed by atoms with Crippen molar-refractivity contribution >= 4 is 40.9 Å². The minimum absolute atomic E-state index is 0.00276. The molecule has 39 heavy (non-hydrogen) atoms. The summed E-state index contributed by atoms with van der Waals surface area (Å²) in [6, 6.07) is 11.3. The summed E-state index contributed by atoms with van der Waals surface area (Å²) in [6.45, 7) is 0.950. The third kappa shape index (κ3) is 7.37. The molecule has 10 heteroatoms. The van der Waals surface area contributed by atoms with E-state index in [1.807, 2.05) is 18.2 Å². The van der Waals surface area contributed by atoms with Crippen LogP contribution in [0.5, 0.6) is 0 Å². The number of halogens is 3. The Labute approximate surface area is 238 Å². The van der Waals surface area contributed by atoms with E-state index in [1.165, 1.54) is 11.6 Å². The van der Waals surface area contributed by atoms with E-state index in [2.05, 4.69) is 17.0 Å². The van der Waals surface area contributed by atoms with E-state index in [1.54, 1.807) is 4.90 Å². The largest absolute Gasteiger partial charge is 0.481 e. The molecule has 2 aromatic carbocycles. The lowest BCUT2D eigenvalue weighted by Gasteiger charge is -2.32. The van der Waals surface area contributed by atoms with Gasteiger partial charge in [-0.2, -0.15) is 0 Å². The lowest BCUT2D eigenvalue weighted by molar-refractivity contribution is -0.144. The minimum Gasteiger partial charge on any atom is -0.481 e. The van der Waals surface area contributed by atoms with Crippen LogP contribution in [0.3, 0.4) is 0 Å². The molecule has 1 unspecified atom stereocenters. The van der Waals surface area contributed by atoms with Crippen molar-refractivity contribution in [2.75, 3.05) is 13.1 Å². The lowest BCUT2D eigenvalue weighted by atomic mass is 9.97. The van der Waals surface area contributed by atoms with E-state index in [4.69, 9.17) is 28.9 Å². The van der Waals surface area contributed by atoms with Gasteiger partial charge in [0.05, 0.1) is 22.1 Å². The molecule has 2 aromatic rings. The smallest absolute Gasteiger partial charge is 0.303 e. The predicted molar refractivity (Wildman–Crippen MR) is 148 cm³/mol. The van der Waals surface area contributed by atoms with E-state index >= 15 is 0 Å². The van der Waals surface area contributed by atoms with Gasteiger partial charge in [-0.15, -0.1) is 0 Å². The molecule has 2 aliphatic rings. The van der Waals surface area contributed by atoms with Crippen LogP contribution >= 0.6 is 23.2 Å². The fraction of sp³-hybridized carbons (Fsp3) is 0.483. The normalized spacial score (nSPS) is 22.4. The number of benzene rings is 2. The van der Waals surface area contributed by atoms with Gasteiger partial charge in [0.15, 0.2) is 5.78 Å². The second-order valence-corrected chi connectivity index (χ2v) is 11.3. The number of carbonyl (C=O) groups is 3. The standard InChI is InChI=1S/C29H34Cl2FN3O4/c30-22-14-19(24(32)16-23(22)31)7-10-27(36)25(9-11-28(37)38)34-13-12-21(8-6-18-4-2-1-3-5-18)35-17-20(33)15-26(35)29(34)39/h1-5,14,16,20-21,25-26H,6-13,15,17,33H2,(H,37,38)/t20-,21?,25-,26+/m1/s1. The fourth-order valence-corrected chi connectivity index (χ4v) is 6.16. The number of nitrogens with two attached hydrogens (primary N) is 1. The molecule has 0 saturated carbocycles. The van der Waals surface area contributed by atoms with E-state index in [0.29, 0.717) is 25.9 Å². The number of nitrogens with zero attached hydrogens (tertiary/aromatic N) is 2. The van der Waals surface area contributed by atoms with Gasteiger partial charge in [-0.3, -0.25) is 19.3 Å². The van der Waals surface area contributed by atoms with Crippen molar-refractivity contribution in [2.24, 2.45) is 5.73 Å². The first-order chi connectivity index (χ1) is 18.6. The predicted octanol–water partition coefficient (Wildman–Crippen LogP) is 4.50. The third-order valence-corrected chi connectivity index (χ3v) is 8.55. The topological polar surface area (TPSA) is 104 Å². The number of rotatable bonds is 11. The zero-order valence-corrected chi connectivity index (χ0v) is 23.2. The maximum absolute atomic E-state index is 14.4. The summed E-state index contributed by atoms with van der Waals surface area (Å²) in [4.78, 5) is 42.5. The highest BCUT2D eigenvalue weighted by Gasteiger charge is 2.45. The number of carbonyl (C=O) groups excluding carboxylic acids is 2. The van der Waals surface area contributed by atoms with E-state index in [0.717, 1.165) is 18.9 Å². The molecule has 0 aliphatic carbocycles. The summed E-state index contributed by atoms with van der Waals surface area (Å²) < 4.78 is 14.4. The molecule has 0 aromatic heterocycles. The average molecular weight is 579 g/mol. The van der Waals surface area contributed by atoms with Crippen LogP contribution in [0.2, 0.25) is 10.0 Å². The molecule has 7 nitrogen and oxygen atoms in total. The first kappa shape index (κ1) is 29.5. The maximum Gasteiger partial charge on any atom is 0.303 e. The summed E-state index contributed by atoms with van der Waals surface area (Å²) in [5.74, 6) is -2.10. The maximum atomic E-state index is 14.4. The minimum atomic E-state index is -1.05. The molecule has 3 N–H and O–H groups in total. The number of ketones is 1. The SMILES string of the molecule is N[C@@H]1C[C@H]2C(=O)N([C@H](CCC(=O)O)C(=O)CCc3cc(Cl)c(Cl)cc3F)CCC(CCc3ccccc3)N2C1. The Balaban J connectivity index is 1.52. The number of fused-ring (bicyclic) bond motifs is 1. The van der Waals surface area contributed by atoms with E-state index in [9.17, 15) is 23.9 Å². The van der Waals surface area contributed by atoms with Gasteiger partial charge in [-0.1, -0.05) is 53.5 Å². The fourth-order valence-electron chi connectivity index (χ4n) is 5.82. The summed E-state index contributed by atoms with van der Waals surface area (Å²) in [5.41, 5.74) is 7.75. The van der Waals surface area contributed by atoms with Gasteiger partial charge in [-0.05, 0) is 61.8 Å². The number of Topliss-reactive ketones (excluding diaryl/α,β-unsaturated/α-hetero) is 1. The molecule has 0 spiro atoms. The van der Waals surface area contributed by atoms with Gasteiger partial charge in [0, 0.05) is 38.0 Å². The number of amides is 1. The Hall–Kier alpha value is -2.52. The van der Waals surface area contributed by atoms with Gasteiger partial charge in [0.1, 0.15) is 5.82 Å². The molecule has 2 saturated heterocycles. The van der Waals surface area contributed by atoms with Crippen molar-refractivity contribution in [1.29, 1.82) is 0 Å². The van der Waals surface area contributed by atoms with Crippen molar-refractivity contribution in [1.82, 2.24) is 9.80 Å². The monoisotopic (exact) mass is 577 g/mol. The second kappa shape index (κ2) is 13.2. The Kier molecular flexibility index (Phi) is 9.99. The summed E-state index contributed by atoms with van der Waals surface area (Å²) >= 11 is 11.9.